The lowest BCUT2D eigenvalue weighted by Gasteiger charge is -2.26. The molecule has 1 amide bonds. The van der Waals surface area contributed by atoms with Crippen LogP contribution in [0.4, 0.5) is 0 Å². The lowest BCUT2D eigenvalue weighted by atomic mass is 9.88. The molecule has 0 aromatic heterocycles. The minimum absolute atomic E-state index is 0.0300. The molecule has 5 heteroatoms. The smallest absolute Gasteiger partial charge is 0.337 e. The summed E-state index contributed by atoms with van der Waals surface area (Å²) in [5.74, 6) is -0.152. The number of fused-ring (bicyclic) bond motifs is 1. The van der Waals surface area contributed by atoms with E-state index in [0.717, 1.165) is 19.3 Å². The van der Waals surface area contributed by atoms with Gasteiger partial charge in [0.15, 0.2) is 6.61 Å². The molecule has 0 saturated carbocycles. The standard InChI is InChI=1S/C20H21NO4/c1-24-20(23)15-8-4-9-16(12-15)25-13-19(22)21-18-11-5-7-14-6-2-3-10-17(14)18/h2-4,6,8-10,12,18H,5,7,11,13H2,1H3,(H,21,22)/t18-/m0/s1. The van der Waals surface area contributed by atoms with E-state index in [2.05, 4.69) is 22.2 Å². The van der Waals surface area contributed by atoms with E-state index in [1.54, 1.807) is 24.3 Å². The zero-order valence-corrected chi connectivity index (χ0v) is 14.2. The normalized spacial score (nSPS) is 15.8. The maximum atomic E-state index is 12.2. The number of ether oxygens (including phenoxy) is 2. The minimum Gasteiger partial charge on any atom is -0.484 e. The third-order valence-electron chi connectivity index (χ3n) is 4.33. The fraction of sp³-hybridized carbons (Fsp3) is 0.300. The molecule has 0 spiro atoms. The van der Waals surface area contributed by atoms with Crippen molar-refractivity contribution < 1.29 is 19.1 Å². The summed E-state index contributed by atoms with van der Waals surface area (Å²) >= 11 is 0. The molecule has 0 radical (unpaired) electrons. The Hall–Kier alpha value is -2.82. The molecule has 0 heterocycles. The first kappa shape index (κ1) is 17.0. The number of hydrogen-bond acceptors (Lipinski definition) is 4. The number of carbonyl (C=O) groups excluding carboxylic acids is 2. The highest BCUT2D eigenvalue weighted by Crippen LogP contribution is 2.29. The SMILES string of the molecule is COC(=O)c1cccc(OCC(=O)N[C@H]2CCCc3ccccc32)c1. The van der Waals surface area contributed by atoms with Crippen molar-refractivity contribution in [3.05, 3.63) is 65.2 Å². The second-order valence-electron chi connectivity index (χ2n) is 6.02. The molecule has 0 saturated heterocycles. The van der Waals surface area contributed by atoms with E-state index in [9.17, 15) is 9.59 Å². The molecular formula is C20H21NO4. The van der Waals surface area contributed by atoms with Crippen molar-refractivity contribution in [3.63, 3.8) is 0 Å². The van der Waals surface area contributed by atoms with Gasteiger partial charge in [0.2, 0.25) is 0 Å². The molecule has 1 N–H and O–H groups in total. The van der Waals surface area contributed by atoms with Gasteiger partial charge in [-0.3, -0.25) is 4.79 Å². The number of esters is 1. The Labute approximate surface area is 147 Å². The fourth-order valence-corrected chi connectivity index (χ4v) is 3.12. The van der Waals surface area contributed by atoms with Crippen molar-refractivity contribution in [3.8, 4) is 5.75 Å². The third-order valence-corrected chi connectivity index (χ3v) is 4.33. The molecule has 1 aliphatic carbocycles. The number of methoxy groups -OCH3 is 1. The van der Waals surface area contributed by atoms with E-state index in [0.29, 0.717) is 11.3 Å². The van der Waals surface area contributed by atoms with E-state index in [1.807, 2.05) is 12.1 Å². The number of carbonyl (C=O) groups is 2. The molecule has 3 rings (SSSR count). The Kier molecular flexibility index (Phi) is 5.33. The van der Waals surface area contributed by atoms with Gasteiger partial charge in [0.1, 0.15) is 5.75 Å². The molecule has 1 atom stereocenters. The van der Waals surface area contributed by atoms with Gasteiger partial charge in [-0.25, -0.2) is 4.79 Å². The molecular weight excluding hydrogens is 318 g/mol. The summed E-state index contributed by atoms with van der Waals surface area (Å²) in [4.78, 5) is 23.8. The second kappa shape index (κ2) is 7.83. The lowest BCUT2D eigenvalue weighted by molar-refractivity contribution is -0.123. The fourth-order valence-electron chi connectivity index (χ4n) is 3.12. The van der Waals surface area contributed by atoms with Gasteiger partial charge in [-0.1, -0.05) is 30.3 Å². The highest BCUT2D eigenvalue weighted by molar-refractivity contribution is 5.89. The van der Waals surface area contributed by atoms with Crippen LogP contribution >= 0.6 is 0 Å². The summed E-state index contributed by atoms with van der Waals surface area (Å²) in [6.45, 7) is -0.0940. The molecule has 5 nitrogen and oxygen atoms in total. The zero-order chi connectivity index (χ0) is 17.6. The van der Waals surface area contributed by atoms with Gasteiger partial charge < -0.3 is 14.8 Å². The Balaban J connectivity index is 1.58. The quantitative estimate of drug-likeness (QED) is 0.851. The first-order valence-corrected chi connectivity index (χ1v) is 8.35. The molecule has 25 heavy (non-hydrogen) atoms. The Morgan fingerprint density at radius 3 is 2.84 bits per heavy atom. The number of aryl methyl sites for hydroxylation is 1. The molecule has 2 aromatic carbocycles. The Morgan fingerprint density at radius 1 is 1.16 bits per heavy atom. The molecule has 0 bridgehead atoms. The van der Waals surface area contributed by atoms with Crippen molar-refractivity contribution in [2.45, 2.75) is 25.3 Å². The maximum Gasteiger partial charge on any atom is 0.337 e. The van der Waals surface area contributed by atoms with E-state index < -0.39 is 5.97 Å². The number of nitrogens with one attached hydrogen (secondary N) is 1. The van der Waals surface area contributed by atoms with Gasteiger partial charge >= 0.3 is 5.97 Å². The largest absolute Gasteiger partial charge is 0.484 e. The van der Waals surface area contributed by atoms with Crippen LogP contribution < -0.4 is 10.1 Å². The van der Waals surface area contributed by atoms with Crippen molar-refractivity contribution >= 4 is 11.9 Å². The summed E-state index contributed by atoms with van der Waals surface area (Å²) in [5.41, 5.74) is 2.88. The molecule has 0 aliphatic heterocycles. The molecule has 130 valence electrons. The van der Waals surface area contributed by atoms with Crippen LogP contribution in [0.2, 0.25) is 0 Å². The van der Waals surface area contributed by atoms with Gasteiger partial charge in [-0.05, 0) is 48.6 Å². The van der Waals surface area contributed by atoms with Crippen LogP contribution in [0, 0.1) is 0 Å². The number of hydrogen-bond donors (Lipinski definition) is 1. The lowest BCUT2D eigenvalue weighted by Crippen LogP contribution is -2.34. The first-order valence-electron chi connectivity index (χ1n) is 8.35. The van der Waals surface area contributed by atoms with E-state index >= 15 is 0 Å². The minimum atomic E-state index is -0.436. The predicted octanol–water partition coefficient (Wildman–Crippen LogP) is 3.05. The molecule has 1 aliphatic rings. The highest BCUT2D eigenvalue weighted by atomic mass is 16.5. The van der Waals surface area contributed by atoms with Crippen LogP contribution in [0.5, 0.6) is 5.75 Å². The summed E-state index contributed by atoms with van der Waals surface area (Å²) in [6, 6.07) is 14.8. The van der Waals surface area contributed by atoms with Crippen LogP contribution in [0.25, 0.3) is 0 Å². The van der Waals surface area contributed by atoms with Crippen LogP contribution in [-0.4, -0.2) is 25.6 Å². The van der Waals surface area contributed by atoms with Gasteiger partial charge in [0.05, 0.1) is 18.7 Å². The van der Waals surface area contributed by atoms with Crippen molar-refractivity contribution in [2.24, 2.45) is 0 Å². The molecule has 0 fully saturated rings. The highest BCUT2D eigenvalue weighted by Gasteiger charge is 2.21. The van der Waals surface area contributed by atoms with Crippen LogP contribution in [0.3, 0.4) is 0 Å². The zero-order valence-electron chi connectivity index (χ0n) is 14.2. The Morgan fingerprint density at radius 2 is 2.00 bits per heavy atom. The van der Waals surface area contributed by atoms with E-state index in [4.69, 9.17) is 4.74 Å². The average Bonchev–Trinajstić information content (AvgIpc) is 2.66. The number of amides is 1. The summed E-state index contributed by atoms with van der Waals surface area (Å²) < 4.78 is 10.2. The van der Waals surface area contributed by atoms with Gasteiger partial charge in [-0.2, -0.15) is 0 Å². The van der Waals surface area contributed by atoms with Gasteiger partial charge in [0.25, 0.3) is 5.91 Å². The van der Waals surface area contributed by atoms with E-state index in [1.165, 1.54) is 18.2 Å². The summed E-state index contributed by atoms with van der Waals surface area (Å²) in [5, 5.41) is 3.04. The number of benzene rings is 2. The third kappa shape index (κ3) is 4.18. The van der Waals surface area contributed by atoms with Gasteiger partial charge in [-0.15, -0.1) is 0 Å². The second-order valence-corrected chi connectivity index (χ2v) is 6.02. The van der Waals surface area contributed by atoms with Crippen molar-refractivity contribution in [1.82, 2.24) is 5.32 Å². The van der Waals surface area contributed by atoms with Crippen LogP contribution in [0.15, 0.2) is 48.5 Å². The van der Waals surface area contributed by atoms with Crippen molar-refractivity contribution in [2.75, 3.05) is 13.7 Å². The van der Waals surface area contributed by atoms with Crippen LogP contribution in [0.1, 0.15) is 40.4 Å². The molecule has 0 unspecified atom stereocenters. The predicted molar refractivity (Wildman–Crippen MR) is 93.5 cm³/mol. The van der Waals surface area contributed by atoms with Crippen LogP contribution in [-0.2, 0) is 16.0 Å². The Bertz CT molecular complexity index is 772. The average molecular weight is 339 g/mol. The monoisotopic (exact) mass is 339 g/mol. The van der Waals surface area contributed by atoms with Gasteiger partial charge in [0, 0.05) is 0 Å². The molecule has 2 aromatic rings. The topological polar surface area (TPSA) is 64.6 Å². The summed E-state index contributed by atoms with van der Waals surface area (Å²) in [6.07, 6.45) is 3.05. The number of rotatable bonds is 5. The maximum absolute atomic E-state index is 12.2. The van der Waals surface area contributed by atoms with E-state index in [-0.39, 0.29) is 18.6 Å². The first-order chi connectivity index (χ1) is 12.2. The summed E-state index contributed by atoms with van der Waals surface area (Å²) in [7, 11) is 1.32. The van der Waals surface area contributed by atoms with Crippen molar-refractivity contribution in [1.29, 1.82) is 0 Å².